The molecule has 1 saturated carbocycles. The van der Waals surface area contributed by atoms with Gasteiger partial charge in [0.05, 0.1) is 17.9 Å². The van der Waals surface area contributed by atoms with Crippen molar-refractivity contribution in [1.29, 1.82) is 0 Å². The highest BCUT2D eigenvalue weighted by Crippen LogP contribution is 2.27. The van der Waals surface area contributed by atoms with E-state index in [0.717, 1.165) is 12.8 Å². The molecular weight excluding hydrogens is 246 g/mol. The summed E-state index contributed by atoms with van der Waals surface area (Å²) in [5.41, 5.74) is 0. The van der Waals surface area contributed by atoms with Crippen molar-refractivity contribution in [2.75, 3.05) is 0 Å². The lowest BCUT2D eigenvalue weighted by Gasteiger charge is -2.30. The Labute approximate surface area is 112 Å². The third kappa shape index (κ3) is 3.56. The van der Waals surface area contributed by atoms with Crippen LogP contribution in [0.4, 0.5) is 0 Å². The van der Waals surface area contributed by atoms with Crippen LogP contribution in [0.3, 0.4) is 0 Å². The summed E-state index contributed by atoms with van der Waals surface area (Å²) in [5, 5.41) is 21.5. The van der Waals surface area contributed by atoms with E-state index in [-0.39, 0.29) is 18.1 Å². The van der Waals surface area contributed by atoms with Crippen LogP contribution in [0.5, 0.6) is 0 Å². The Morgan fingerprint density at radius 1 is 1.00 bits per heavy atom. The molecule has 0 aromatic carbocycles. The second-order valence-corrected chi connectivity index (χ2v) is 5.51. The van der Waals surface area contributed by atoms with Gasteiger partial charge >= 0.3 is 5.97 Å². The SMILES string of the molecule is O=C(O)C1CC=CCC1C(=O)NC1CCC(O)CC1. The molecule has 0 aromatic rings. The van der Waals surface area contributed by atoms with Crippen LogP contribution < -0.4 is 5.32 Å². The Bertz CT molecular complexity index is 372. The summed E-state index contributed by atoms with van der Waals surface area (Å²) in [6, 6.07) is 0.0799. The Hall–Kier alpha value is -1.36. The number of carbonyl (C=O) groups is 2. The molecule has 0 spiro atoms. The normalized spacial score (nSPS) is 34.8. The largest absolute Gasteiger partial charge is 0.481 e. The topological polar surface area (TPSA) is 86.6 Å². The van der Waals surface area contributed by atoms with Crippen LogP contribution in [0.15, 0.2) is 12.2 Å². The zero-order valence-corrected chi connectivity index (χ0v) is 10.9. The Morgan fingerprint density at radius 2 is 1.58 bits per heavy atom. The van der Waals surface area contributed by atoms with Crippen molar-refractivity contribution in [2.24, 2.45) is 11.8 Å². The molecule has 2 aliphatic rings. The van der Waals surface area contributed by atoms with E-state index in [2.05, 4.69) is 5.32 Å². The van der Waals surface area contributed by atoms with Gasteiger partial charge in [-0.15, -0.1) is 0 Å². The maximum Gasteiger partial charge on any atom is 0.307 e. The van der Waals surface area contributed by atoms with Gasteiger partial charge in [0.1, 0.15) is 0 Å². The van der Waals surface area contributed by atoms with E-state index in [1.165, 1.54) is 0 Å². The molecule has 0 heterocycles. The lowest BCUT2D eigenvalue weighted by atomic mass is 9.82. The maximum atomic E-state index is 12.2. The molecule has 0 saturated heterocycles. The molecule has 2 aliphatic carbocycles. The fourth-order valence-electron chi connectivity index (χ4n) is 2.91. The number of carboxylic acids is 1. The van der Waals surface area contributed by atoms with Gasteiger partial charge in [0.25, 0.3) is 0 Å². The van der Waals surface area contributed by atoms with E-state index < -0.39 is 17.8 Å². The zero-order chi connectivity index (χ0) is 13.8. The van der Waals surface area contributed by atoms with Crippen LogP contribution in [0, 0.1) is 11.8 Å². The van der Waals surface area contributed by atoms with Crippen molar-refractivity contribution in [3.8, 4) is 0 Å². The first-order valence-corrected chi connectivity index (χ1v) is 6.94. The second kappa shape index (κ2) is 6.19. The van der Waals surface area contributed by atoms with Crippen LogP contribution in [-0.2, 0) is 9.59 Å². The monoisotopic (exact) mass is 267 g/mol. The zero-order valence-electron chi connectivity index (χ0n) is 10.9. The molecule has 1 fully saturated rings. The van der Waals surface area contributed by atoms with E-state index in [4.69, 9.17) is 5.11 Å². The lowest BCUT2D eigenvalue weighted by molar-refractivity contribution is -0.147. The smallest absolute Gasteiger partial charge is 0.307 e. The Kier molecular flexibility index (Phi) is 4.58. The minimum absolute atomic E-state index is 0.0799. The summed E-state index contributed by atoms with van der Waals surface area (Å²) in [7, 11) is 0. The number of carbonyl (C=O) groups excluding carboxylic acids is 1. The van der Waals surface area contributed by atoms with Gasteiger partial charge in [0, 0.05) is 6.04 Å². The van der Waals surface area contributed by atoms with Crippen molar-refractivity contribution in [3.05, 3.63) is 12.2 Å². The number of amides is 1. The number of carboxylic acid groups (broad SMARTS) is 1. The molecule has 2 atom stereocenters. The highest BCUT2D eigenvalue weighted by atomic mass is 16.4. The summed E-state index contributed by atoms with van der Waals surface area (Å²) < 4.78 is 0. The summed E-state index contributed by atoms with van der Waals surface area (Å²) >= 11 is 0. The number of nitrogens with one attached hydrogen (secondary N) is 1. The van der Waals surface area contributed by atoms with Crippen molar-refractivity contribution in [3.63, 3.8) is 0 Å². The number of hydrogen-bond acceptors (Lipinski definition) is 3. The Morgan fingerprint density at radius 3 is 2.16 bits per heavy atom. The molecule has 3 N–H and O–H groups in total. The van der Waals surface area contributed by atoms with Crippen LogP contribution in [0.2, 0.25) is 0 Å². The minimum atomic E-state index is -0.899. The third-order valence-corrected chi connectivity index (χ3v) is 4.13. The predicted molar refractivity (Wildman–Crippen MR) is 69.4 cm³/mol. The molecule has 0 aromatic heterocycles. The molecule has 2 rings (SSSR count). The molecule has 2 unspecified atom stereocenters. The number of aliphatic hydroxyl groups excluding tert-OH is 1. The number of rotatable bonds is 3. The van der Waals surface area contributed by atoms with Crippen molar-refractivity contribution >= 4 is 11.9 Å². The number of allylic oxidation sites excluding steroid dienone is 2. The van der Waals surface area contributed by atoms with Crippen molar-refractivity contribution in [2.45, 2.75) is 50.7 Å². The number of hydrogen-bond donors (Lipinski definition) is 3. The molecular formula is C14H21NO4. The van der Waals surface area contributed by atoms with Gasteiger partial charge in [-0.25, -0.2) is 0 Å². The molecule has 19 heavy (non-hydrogen) atoms. The highest BCUT2D eigenvalue weighted by molar-refractivity contribution is 5.85. The van der Waals surface area contributed by atoms with Gasteiger partial charge < -0.3 is 15.5 Å². The molecule has 5 nitrogen and oxygen atoms in total. The van der Waals surface area contributed by atoms with E-state index >= 15 is 0 Å². The van der Waals surface area contributed by atoms with Crippen LogP contribution in [-0.4, -0.2) is 34.2 Å². The first kappa shape index (κ1) is 14.1. The van der Waals surface area contributed by atoms with Crippen LogP contribution in [0.25, 0.3) is 0 Å². The first-order valence-electron chi connectivity index (χ1n) is 6.94. The molecule has 0 radical (unpaired) electrons. The molecule has 5 heteroatoms. The predicted octanol–water partition coefficient (Wildman–Crippen LogP) is 1.07. The summed E-state index contributed by atoms with van der Waals surface area (Å²) in [6.45, 7) is 0. The summed E-state index contributed by atoms with van der Waals surface area (Å²) in [5.74, 6) is -2.13. The van der Waals surface area contributed by atoms with Gasteiger partial charge in [-0.1, -0.05) is 12.2 Å². The second-order valence-electron chi connectivity index (χ2n) is 5.51. The molecule has 1 amide bonds. The lowest BCUT2D eigenvalue weighted by Crippen LogP contribution is -2.45. The molecule has 0 aliphatic heterocycles. The van der Waals surface area contributed by atoms with E-state index in [0.29, 0.717) is 25.7 Å². The van der Waals surface area contributed by atoms with Crippen molar-refractivity contribution in [1.82, 2.24) is 5.32 Å². The first-order chi connectivity index (χ1) is 9.08. The average Bonchev–Trinajstić information content (AvgIpc) is 2.41. The van der Waals surface area contributed by atoms with E-state index in [9.17, 15) is 14.7 Å². The molecule has 0 bridgehead atoms. The van der Waals surface area contributed by atoms with Crippen LogP contribution >= 0.6 is 0 Å². The minimum Gasteiger partial charge on any atom is -0.481 e. The number of aliphatic hydroxyl groups is 1. The quantitative estimate of drug-likeness (QED) is 0.668. The van der Waals surface area contributed by atoms with E-state index in [1.807, 2.05) is 12.2 Å². The highest BCUT2D eigenvalue weighted by Gasteiger charge is 2.35. The number of aliphatic carboxylic acids is 1. The van der Waals surface area contributed by atoms with Crippen molar-refractivity contribution < 1.29 is 19.8 Å². The maximum absolute atomic E-state index is 12.2. The van der Waals surface area contributed by atoms with E-state index in [1.54, 1.807) is 0 Å². The summed E-state index contributed by atoms with van der Waals surface area (Å²) in [6.07, 6.45) is 7.34. The average molecular weight is 267 g/mol. The third-order valence-electron chi connectivity index (χ3n) is 4.13. The fraction of sp³-hybridized carbons (Fsp3) is 0.714. The van der Waals surface area contributed by atoms with Gasteiger partial charge in [0.15, 0.2) is 0 Å². The molecule has 106 valence electrons. The standard InChI is InChI=1S/C14H21NO4/c16-10-7-5-9(6-8-10)15-13(17)11-3-1-2-4-12(11)14(18)19/h1-2,9-12,16H,3-8H2,(H,15,17)(H,18,19). The fourth-order valence-corrected chi connectivity index (χ4v) is 2.91. The van der Waals surface area contributed by atoms with Gasteiger partial charge in [-0.2, -0.15) is 0 Å². The summed E-state index contributed by atoms with van der Waals surface area (Å²) in [4.78, 5) is 23.3. The van der Waals surface area contributed by atoms with Gasteiger partial charge in [-0.05, 0) is 38.5 Å². The van der Waals surface area contributed by atoms with Gasteiger partial charge in [-0.3, -0.25) is 9.59 Å². The Balaban J connectivity index is 1.91. The van der Waals surface area contributed by atoms with Gasteiger partial charge in [0.2, 0.25) is 5.91 Å². The van der Waals surface area contributed by atoms with Crippen LogP contribution in [0.1, 0.15) is 38.5 Å².